The van der Waals surface area contributed by atoms with Gasteiger partial charge < -0.3 is 4.90 Å². The molecule has 1 aromatic heterocycles. The van der Waals surface area contributed by atoms with Crippen molar-refractivity contribution in [2.45, 2.75) is 18.8 Å². The van der Waals surface area contributed by atoms with Gasteiger partial charge in [0.15, 0.2) is 11.5 Å². The van der Waals surface area contributed by atoms with Crippen LogP contribution in [-0.4, -0.2) is 35.3 Å². The maximum atomic E-state index is 8.97. The fourth-order valence-corrected chi connectivity index (χ4v) is 1.31. The number of hydrogen-bond acceptors (Lipinski definition) is 4. The van der Waals surface area contributed by atoms with E-state index in [1.165, 1.54) is 0 Å². The molecule has 16 heavy (non-hydrogen) atoms. The average Bonchev–Trinajstić information content (AvgIpc) is 3.09. The average molecular weight is 215 g/mol. The van der Waals surface area contributed by atoms with Crippen LogP contribution in [0.15, 0.2) is 11.2 Å². The third-order valence-corrected chi connectivity index (χ3v) is 2.28. The van der Waals surface area contributed by atoms with Gasteiger partial charge in [0.1, 0.15) is 6.07 Å². The topological polar surface area (TPSA) is 65.2 Å². The highest BCUT2D eigenvalue weighted by molar-refractivity contribution is 5.61. The Morgan fingerprint density at radius 3 is 2.88 bits per heavy atom. The second kappa shape index (κ2) is 4.27. The van der Waals surface area contributed by atoms with E-state index in [9.17, 15) is 0 Å². The Morgan fingerprint density at radius 1 is 1.56 bits per heavy atom. The summed E-state index contributed by atoms with van der Waals surface area (Å²) < 4.78 is 0. The van der Waals surface area contributed by atoms with E-state index in [1.807, 2.05) is 20.2 Å². The Labute approximate surface area is 94.5 Å². The summed E-state index contributed by atoms with van der Waals surface area (Å²) >= 11 is 0. The van der Waals surface area contributed by atoms with Crippen molar-refractivity contribution in [3.8, 4) is 6.07 Å². The number of nitriles is 1. The molecule has 1 heterocycles. The van der Waals surface area contributed by atoms with Crippen molar-refractivity contribution in [1.29, 1.82) is 5.26 Å². The summed E-state index contributed by atoms with van der Waals surface area (Å²) in [5.41, 5.74) is 1.22. The molecule has 0 radical (unpaired) electrons. The summed E-state index contributed by atoms with van der Waals surface area (Å²) in [4.78, 5) is 14.3. The van der Waals surface area contributed by atoms with Crippen molar-refractivity contribution in [2.75, 3.05) is 14.1 Å². The zero-order chi connectivity index (χ0) is 11.5. The van der Waals surface area contributed by atoms with Crippen LogP contribution in [0.5, 0.6) is 0 Å². The minimum atomic E-state index is 0.308. The summed E-state index contributed by atoms with van der Waals surface area (Å²) in [7, 11) is 3.73. The minimum Gasteiger partial charge on any atom is -0.369 e. The molecule has 0 atom stereocenters. The smallest absolute Gasteiger partial charge is 0.190 e. The van der Waals surface area contributed by atoms with Gasteiger partial charge in [0.25, 0.3) is 0 Å². The molecule has 1 fully saturated rings. The van der Waals surface area contributed by atoms with Crippen molar-refractivity contribution in [3.05, 3.63) is 17.6 Å². The Kier molecular flexibility index (Phi) is 2.82. The van der Waals surface area contributed by atoms with Gasteiger partial charge in [-0.15, -0.1) is 0 Å². The molecule has 1 aliphatic rings. The molecule has 1 aliphatic carbocycles. The van der Waals surface area contributed by atoms with Crippen LogP contribution in [0.4, 0.5) is 5.82 Å². The van der Waals surface area contributed by atoms with Crippen LogP contribution in [0.3, 0.4) is 0 Å². The van der Waals surface area contributed by atoms with E-state index in [-0.39, 0.29) is 0 Å². The third-order valence-electron chi connectivity index (χ3n) is 2.28. The number of hydrogen-bond donors (Lipinski definition) is 0. The summed E-state index contributed by atoms with van der Waals surface area (Å²) in [5, 5.41) is 8.97. The zero-order valence-electron chi connectivity index (χ0n) is 9.38. The lowest BCUT2D eigenvalue weighted by Crippen LogP contribution is -2.07. The number of aromatic nitrogens is 2. The first kappa shape index (κ1) is 10.6. The molecule has 0 amide bonds. The van der Waals surface area contributed by atoms with Crippen molar-refractivity contribution < 1.29 is 0 Å². The van der Waals surface area contributed by atoms with Gasteiger partial charge in [-0.3, -0.25) is 0 Å². The van der Waals surface area contributed by atoms with Gasteiger partial charge in [-0.25, -0.2) is 15.0 Å². The fourth-order valence-electron chi connectivity index (χ4n) is 1.31. The van der Waals surface area contributed by atoms with Crippen molar-refractivity contribution in [3.63, 3.8) is 0 Å². The van der Waals surface area contributed by atoms with Gasteiger partial charge in [-0.05, 0) is 12.8 Å². The highest BCUT2D eigenvalue weighted by atomic mass is 15.1. The van der Waals surface area contributed by atoms with E-state index >= 15 is 0 Å². The standard InChI is InChI=1S/C11H13N5/c1-16(2)7-14-11-9(5-12)15-10(6-13-11)8-3-4-8/h6-8H,3-4H2,1-2H3. The summed E-state index contributed by atoms with van der Waals surface area (Å²) in [6.45, 7) is 0. The van der Waals surface area contributed by atoms with Crippen LogP contribution in [0.25, 0.3) is 0 Å². The molecule has 0 aliphatic heterocycles. The Hall–Kier alpha value is -1.96. The first-order valence-corrected chi connectivity index (χ1v) is 5.18. The molecule has 0 bridgehead atoms. The molecule has 1 aromatic rings. The van der Waals surface area contributed by atoms with Crippen LogP contribution in [0, 0.1) is 11.3 Å². The lowest BCUT2D eigenvalue weighted by atomic mass is 10.3. The molecule has 0 spiro atoms. The van der Waals surface area contributed by atoms with E-state index < -0.39 is 0 Å². The van der Waals surface area contributed by atoms with Gasteiger partial charge in [-0.2, -0.15) is 5.26 Å². The number of aliphatic imine (C=N–C) groups is 1. The first-order chi connectivity index (χ1) is 7.70. The summed E-state index contributed by atoms with van der Waals surface area (Å²) in [6.07, 6.45) is 5.64. The van der Waals surface area contributed by atoms with Gasteiger partial charge >= 0.3 is 0 Å². The van der Waals surface area contributed by atoms with Crippen LogP contribution in [0.2, 0.25) is 0 Å². The van der Waals surface area contributed by atoms with Crippen LogP contribution >= 0.6 is 0 Å². The first-order valence-electron chi connectivity index (χ1n) is 5.18. The Bertz CT molecular complexity index is 454. The summed E-state index contributed by atoms with van der Waals surface area (Å²) in [5.74, 6) is 0.895. The molecule has 1 saturated carbocycles. The number of nitrogens with zero attached hydrogens (tertiary/aromatic N) is 5. The lowest BCUT2D eigenvalue weighted by molar-refractivity contribution is 0.643. The molecule has 82 valence electrons. The molecular weight excluding hydrogens is 202 g/mol. The van der Waals surface area contributed by atoms with Gasteiger partial charge in [-0.1, -0.05) is 0 Å². The van der Waals surface area contributed by atoms with Crippen molar-refractivity contribution in [2.24, 2.45) is 4.99 Å². The van der Waals surface area contributed by atoms with Crippen molar-refractivity contribution >= 4 is 12.2 Å². The maximum absolute atomic E-state index is 8.97. The number of rotatable bonds is 3. The van der Waals surface area contributed by atoms with Crippen LogP contribution in [0.1, 0.15) is 30.1 Å². The molecule has 0 unspecified atom stereocenters. The molecule has 5 nitrogen and oxygen atoms in total. The highest BCUT2D eigenvalue weighted by Crippen LogP contribution is 2.39. The predicted molar refractivity (Wildman–Crippen MR) is 60.6 cm³/mol. The quantitative estimate of drug-likeness (QED) is 0.565. The lowest BCUT2D eigenvalue weighted by Gasteiger charge is -2.03. The zero-order valence-corrected chi connectivity index (χ0v) is 9.38. The summed E-state index contributed by atoms with van der Waals surface area (Å²) in [6, 6.07) is 2.04. The van der Waals surface area contributed by atoms with Gasteiger partial charge in [0.05, 0.1) is 18.2 Å². The molecular formula is C11H13N5. The SMILES string of the molecule is CN(C)C=Nc1ncc(C2CC2)nc1C#N. The van der Waals surface area contributed by atoms with Gasteiger partial charge in [0.2, 0.25) is 0 Å². The monoisotopic (exact) mass is 215 g/mol. The third kappa shape index (κ3) is 2.34. The predicted octanol–water partition coefficient (Wildman–Crippen LogP) is 1.45. The van der Waals surface area contributed by atoms with E-state index in [1.54, 1.807) is 17.4 Å². The van der Waals surface area contributed by atoms with E-state index in [2.05, 4.69) is 15.0 Å². The Morgan fingerprint density at radius 2 is 2.31 bits per heavy atom. The van der Waals surface area contributed by atoms with E-state index in [0.29, 0.717) is 17.4 Å². The second-order valence-corrected chi connectivity index (χ2v) is 4.06. The van der Waals surface area contributed by atoms with E-state index in [0.717, 1.165) is 18.5 Å². The maximum Gasteiger partial charge on any atom is 0.190 e. The van der Waals surface area contributed by atoms with Crippen molar-refractivity contribution in [1.82, 2.24) is 14.9 Å². The normalized spacial score (nSPS) is 15.1. The van der Waals surface area contributed by atoms with Gasteiger partial charge in [0, 0.05) is 20.0 Å². The second-order valence-electron chi connectivity index (χ2n) is 4.06. The van der Waals surface area contributed by atoms with E-state index in [4.69, 9.17) is 5.26 Å². The largest absolute Gasteiger partial charge is 0.369 e. The molecule has 0 N–H and O–H groups in total. The minimum absolute atomic E-state index is 0.308. The Balaban J connectivity index is 2.28. The fraction of sp³-hybridized carbons (Fsp3) is 0.455. The molecule has 0 aromatic carbocycles. The highest BCUT2D eigenvalue weighted by Gasteiger charge is 2.26. The molecule has 2 rings (SSSR count). The molecule has 0 saturated heterocycles. The van der Waals surface area contributed by atoms with Crippen LogP contribution < -0.4 is 0 Å². The van der Waals surface area contributed by atoms with Crippen LogP contribution in [-0.2, 0) is 0 Å². The molecule has 5 heteroatoms.